The summed E-state index contributed by atoms with van der Waals surface area (Å²) in [5, 5.41) is 12.6. The number of aromatic nitrogens is 2. The Hall–Kier alpha value is -2.28. The fourth-order valence-electron chi connectivity index (χ4n) is 1.72. The topological polar surface area (TPSA) is 109 Å². The van der Waals surface area contributed by atoms with Crippen LogP contribution in [0.1, 0.15) is 11.3 Å². The molecule has 0 saturated carbocycles. The summed E-state index contributed by atoms with van der Waals surface area (Å²) in [6, 6.07) is 3.29. The Morgan fingerprint density at radius 1 is 1.47 bits per heavy atom. The highest BCUT2D eigenvalue weighted by Gasteiger charge is 2.10. The molecule has 5 N–H and O–H groups in total. The van der Waals surface area contributed by atoms with E-state index in [1.165, 1.54) is 0 Å². The number of aryl methyl sites for hydroxylation is 1. The molecule has 0 unspecified atom stereocenters. The monoisotopic (exact) mass is 263 g/mol. The maximum Gasteiger partial charge on any atom is 0.312 e. The molecule has 102 valence electrons. The molecule has 2 aromatic heterocycles. The highest BCUT2D eigenvalue weighted by molar-refractivity contribution is 5.71. The smallest absolute Gasteiger partial charge is 0.312 e. The summed E-state index contributed by atoms with van der Waals surface area (Å²) in [4.78, 5) is 10.5. The molecule has 19 heavy (non-hydrogen) atoms. The van der Waals surface area contributed by atoms with Crippen LogP contribution in [0.2, 0.25) is 0 Å². The van der Waals surface area contributed by atoms with Gasteiger partial charge in [-0.3, -0.25) is 5.10 Å². The first-order valence-electron chi connectivity index (χ1n) is 6.00. The van der Waals surface area contributed by atoms with Gasteiger partial charge >= 0.3 is 6.03 Å². The molecule has 0 bridgehead atoms. The van der Waals surface area contributed by atoms with Crippen LogP contribution in [0.5, 0.6) is 0 Å². The SMILES string of the molecule is Cc1ccc(-c2[nH]ncc2CNCCNC(N)=O)o1. The van der Waals surface area contributed by atoms with Gasteiger partial charge in [-0.05, 0) is 19.1 Å². The van der Waals surface area contributed by atoms with Crippen molar-refractivity contribution in [2.24, 2.45) is 5.73 Å². The molecule has 0 aliphatic rings. The second-order valence-electron chi connectivity index (χ2n) is 4.15. The zero-order valence-electron chi connectivity index (χ0n) is 10.7. The van der Waals surface area contributed by atoms with Crippen molar-refractivity contribution in [1.82, 2.24) is 20.8 Å². The van der Waals surface area contributed by atoms with E-state index in [0.29, 0.717) is 19.6 Å². The molecular weight excluding hydrogens is 246 g/mol. The van der Waals surface area contributed by atoms with Gasteiger partial charge in [-0.1, -0.05) is 0 Å². The minimum Gasteiger partial charge on any atom is -0.460 e. The van der Waals surface area contributed by atoms with Gasteiger partial charge in [0.1, 0.15) is 11.5 Å². The van der Waals surface area contributed by atoms with Crippen LogP contribution >= 0.6 is 0 Å². The second-order valence-corrected chi connectivity index (χ2v) is 4.15. The third-order valence-corrected chi connectivity index (χ3v) is 2.62. The summed E-state index contributed by atoms with van der Waals surface area (Å²) in [5.41, 5.74) is 6.84. The van der Waals surface area contributed by atoms with Crippen LogP contribution < -0.4 is 16.4 Å². The van der Waals surface area contributed by atoms with Crippen molar-refractivity contribution in [3.05, 3.63) is 29.7 Å². The van der Waals surface area contributed by atoms with E-state index in [2.05, 4.69) is 20.8 Å². The first-order valence-corrected chi connectivity index (χ1v) is 6.00. The van der Waals surface area contributed by atoms with Crippen LogP contribution in [0.15, 0.2) is 22.7 Å². The number of carbonyl (C=O) groups excluding carboxylic acids is 1. The van der Waals surface area contributed by atoms with E-state index in [9.17, 15) is 4.79 Å². The number of hydrogen-bond donors (Lipinski definition) is 4. The summed E-state index contributed by atoms with van der Waals surface area (Å²) in [6.07, 6.45) is 1.75. The van der Waals surface area contributed by atoms with Crippen molar-refractivity contribution in [2.75, 3.05) is 13.1 Å². The normalized spacial score (nSPS) is 10.6. The number of urea groups is 1. The number of carbonyl (C=O) groups is 1. The predicted octanol–water partition coefficient (Wildman–Crippen LogP) is 0.736. The third kappa shape index (κ3) is 3.59. The van der Waals surface area contributed by atoms with Crippen molar-refractivity contribution < 1.29 is 9.21 Å². The van der Waals surface area contributed by atoms with Crippen molar-refractivity contribution in [3.63, 3.8) is 0 Å². The Bertz CT molecular complexity index is 546. The first kappa shape index (κ1) is 13.2. The third-order valence-electron chi connectivity index (χ3n) is 2.62. The number of furan rings is 1. The van der Waals surface area contributed by atoms with E-state index in [0.717, 1.165) is 22.8 Å². The minimum atomic E-state index is -0.517. The lowest BCUT2D eigenvalue weighted by molar-refractivity contribution is 0.249. The molecule has 2 heterocycles. The van der Waals surface area contributed by atoms with E-state index in [1.54, 1.807) is 6.20 Å². The molecule has 0 aromatic carbocycles. The van der Waals surface area contributed by atoms with Crippen molar-refractivity contribution in [1.29, 1.82) is 0 Å². The lowest BCUT2D eigenvalue weighted by Crippen LogP contribution is -2.35. The average molecular weight is 263 g/mol. The van der Waals surface area contributed by atoms with Gasteiger partial charge in [-0.25, -0.2) is 4.79 Å². The number of nitrogens with two attached hydrogens (primary N) is 1. The molecule has 2 amide bonds. The maximum absolute atomic E-state index is 10.5. The number of rotatable bonds is 6. The Morgan fingerprint density at radius 3 is 3.00 bits per heavy atom. The Morgan fingerprint density at radius 2 is 2.32 bits per heavy atom. The lowest BCUT2D eigenvalue weighted by atomic mass is 10.2. The molecule has 0 atom stereocenters. The molecule has 0 fully saturated rings. The predicted molar refractivity (Wildman–Crippen MR) is 70.3 cm³/mol. The Balaban J connectivity index is 1.88. The number of nitrogens with zero attached hydrogens (tertiary/aromatic N) is 1. The fraction of sp³-hybridized carbons (Fsp3) is 0.333. The molecule has 7 nitrogen and oxygen atoms in total. The van der Waals surface area contributed by atoms with Gasteiger partial charge < -0.3 is 20.8 Å². The number of nitrogens with one attached hydrogen (secondary N) is 3. The van der Waals surface area contributed by atoms with Gasteiger partial charge in [0.25, 0.3) is 0 Å². The van der Waals surface area contributed by atoms with Crippen LogP contribution in [0.4, 0.5) is 4.79 Å². The molecule has 0 saturated heterocycles. The Labute approximate surface area is 110 Å². The molecule has 0 radical (unpaired) electrons. The number of aromatic amines is 1. The molecule has 0 aliphatic heterocycles. The van der Waals surface area contributed by atoms with Crippen LogP contribution in [0, 0.1) is 6.92 Å². The van der Waals surface area contributed by atoms with Crippen LogP contribution in [-0.2, 0) is 6.54 Å². The zero-order chi connectivity index (χ0) is 13.7. The van der Waals surface area contributed by atoms with Gasteiger partial charge in [-0.2, -0.15) is 5.10 Å². The van der Waals surface area contributed by atoms with Crippen LogP contribution in [0.25, 0.3) is 11.5 Å². The molecule has 0 aliphatic carbocycles. The van der Waals surface area contributed by atoms with E-state index in [1.807, 2.05) is 19.1 Å². The molecular formula is C12H17N5O2. The number of primary amides is 1. The molecule has 0 spiro atoms. The van der Waals surface area contributed by atoms with Gasteiger partial charge in [0, 0.05) is 25.2 Å². The number of H-pyrrole nitrogens is 1. The molecule has 2 rings (SSSR count). The highest BCUT2D eigenvalue weighted by Crippen LogP contribution is 2.22. The lowest BCUT2D eigenvalue weighted by Gasteiger charge is -2.04. The molecule has 2 aromatic rings. The van der Waals surface area contributed by atoms with Crippen LogP contribution in [0.3, 0.4) is 0 Å². The average Bonchev–Trinajstić information content (AvgIpc) is 2.96. The highest BCUT2D eigenvalue weighted by atomic mass is 16.3. The first-order chi connectivity index (χ1) is 9.16. The fourth-order valence-corrected chi connectivity index (χ4v) is 1.72. The standard InChI is InChI=1S/C12H17N5O2/c1-8-2-3-10(19-8)11-9(7-16-17-11)6-14-4-5-15-12(13)18/h2-3,7,14H,4-6H2,1H3,(H,16,17)(H3,13,15,18). The van der Waals surface area contributed by atoms with Crippen molar-refractivity contribution >= 4 is 6.03 Å². The summed E-state index contributed by atoms with van der Waals surface area (Å²) in [5.74, 6) is 1.62. The van der Waals surface area contributed by atoms with E-state index in [-0.39, 0.29) is 0 Å². The molecule has 7 heteroatoms. The van der Waals surface area contributed by atoms with Crippen molar-refractivity contribution in [3.8, 4) is 11.5 Å². The minimum absolute atomic E-state index is 0.488. The Kier molecular flexibility index (Phi) is 4.19. The summed E-state index contributed by atoms with van der Waals surface area (Å²) < 4.78 is 5.55. The number of hydrogen-bond acceptors (Lipinski definition) is 4. The zero-order valence-corrected chi connectivity index (χ0v) is 10.7. The van der Waals surface area contributed by atoms with E-state index < -0.39 is 6.03 Å². The van der Waals surface area contributed by atoms with Crippen LogP contribution in [-0.4, -0.2) is 29.3 Å². The summed E-state index contributed by atoms with van der Waals surface area (Å²) >= 11 is 0. The summed E-state index contributed by atoms with van der Waals surface area (Å²) in [7, 11) is 0. The summed E-state index contributed by atoms with van der Waals surface area (Å²) in [6.45, 7) is 3.65. The van der Waals surface area contributed by atoms with Gasteiger partial charge in [0.15, 0.2) is 5.76 Å². The van der Waals surface area contributed by atoms with Crippen molar-refractivity contribution in [2.45, 2.75) is 13.5 Å². The van der Waals surface area contributed by atoms with Gasteiger partial charge in [0.2, 0.25) is 0 Å². The number of amides is 2. The maximum atomic E-state index is 10.5. The van der Waals surface area contributed by atoms with Gasteiger partial charge in [-0.15, -0.1) is 0 Å². The van der Waals surface area contributed by atoms with E-state index >= 15 is 0 Å². The van der Waals surface area contributed by atoms with Gasteiger partial charge in [0.05, 0.1) is 6.20 Å². The largest absolute Gasteiger partial charge is 0.460 e. The second kappa shape index (κ2) is 6.05. The quantitative estimate of drug-likeness (QED) is 0.576. The van der Waals surface area contributed by atoms with E-state index in [4.69, 9.17) is 10.2 Å².